The van der Waals surface area contributed by atoms with Crippen molar-refractivity contribution in [1.82, 2.24) is 9.80 Å². The smallest absolute Gasteiger partial charge is 0.0109 e. The van der Waals surface area contributed by atoms with Crippen molar-refractivity contribution in [3.05, 3.63) is 0 Å². The molecule has 0 saturated carbocycles. The van der Waals surface area contributed by atoms with Crippen LogP contribution in [0.3, 0.4) is 0 Å². The molecule has 2 unspecified atom stereocenters. The Labute approximate surface area is 88.2 Å². The fourth-order valence-electron chi connectivity index (χ4n) is 2.10. The Morgan fingerprint density at radius 2 is 2.14 bits per heavy atom. The van der Waals surface area contributed by atoms with Gasteiger partial charge in [0, 0.05) is 25.7 Å². The summed E-state index contributed by atoms with van der Waals surface area (Å²) in [6, 6.07) is 0.440. The van der Waals surface area contributed by atoms with Crippen LogP contribution < -0.4 is 5.73 Å². The second kappa shape index (κ2) is 5.69. The lowest BCUT2D eigenvalue weighted by molar-refractivity contribution is 0.142. The molecule has 2 N–H and O–H groups in total. The Kier molecular flexibility index (Phi) is 4.85. The van der Waals surface area contributed by atoms with Crippen LogP contribution in [-0.4, -0.2) is 56.1 Å². The Bertz CT molecular complexity index is 159. The summed E-state index contributed by atoms with van der Waals surface area (Å²) in [6.07, 6.45) is 2.39. The Hall–Kier alpha value is -0.120. The number of nitrogens with zero attached hydrogens (tertiary/aromatic N) is 2. The predicted molar refractivity (Wildman–Crippen MR) is 61.4 cm³/mol. The number of likely N-dealkylation sites (tertiary alicyclic amines) is 1. The summed E-state index contributed by atoms with van der Waals surface area (Å²) in [5.74, 6) is 0.714. The molecule has 1 rings (SSSR count). The molecule has 1 heterocycles. The number of piperidine rings is 1. The third kappa shape index (κ3) is 3.56. The molecule has 1 aliphatic rings. The molecule has 3 heteroatoms. The normalized spacial score (nSPS) is 29.8. The van der Waals surface area contributed by atoms with Crippen LogP contribution in [0.5, 0.6) is 0 Å². The fourth-order valence-corrected chi connectivity index (χ4v) is 2.10. The first kappa shape index (κ1) is 12.0. The Morgan fingerprint density at radius 3 is 2.71 bits per heavy atom. The maximum Gasteiger partial charge on any atom is 0.0109 e. The molecule has 84 valence electrons. The molecule has 3 nitrogen and oxygen atoms in total. The highest BCUT2D eigenvalue weighted by Crippen LogP contribution is 2.17. The molecule has 0 bridgehead atoms. The molecular weight excluding hydrogens is 174 g/mol. The molecule has 0 aromatic heterocycles. The maximum absolute atomic E-state index is 6.07. The molecule has 14 heavy (non-hydrogen) atoms. The summed E-state index contributed by atoms with van der Waals surface area (Å²) in [6.45, 7) is 6.98. The average molecular weight is 199 g/mol. The number of nitrogens with two attached hydrogens (primary N) is 1. The second-order valence-corrected chi connectivity index (χ2v) is 4.72. The standard InChI is InChI=1S/C11H25N3/c1-4-10-9-14(6-5-11(10)12)8-7-13(2)3/h10-11H,4-9,12H2,1-3H3. The van der Waals surface area contributed by atoms with Gasteiger partial charge >= 0.3 is 0 Å². The van der Waals surface area contributed by atoms with Crippen molar-refractivity contribution in [3.8, 4) is 0 Å². The highest BCUT2D eigenvalue weighted by molar-refractivity contribution is 4.82. The number of hydrogen-bond donors (Lipinski definition) is 1. The van der Waals surface area contributed by atoms with Gasteiger partial charge in [0.1, 0.15) is 0 Å². The fraction of sp³-hybridized carbons (Fsp3) is 1.00. The molecule has 0 aliphatic carbocycles. The van der Waals surface area contributed by atoms with E-state index in [9.17, 15) is 0 Å². The zero-order chi connectivity index (χ0) is 10.6. The van der Waals surface area contributed by atoms with Crippen LogP contribution in [-0.2, 0) is 0 Å². The Balaban J connectivity index is 2.27. The number of rotatable bonds is 4. The van der Waals surface area contributed by atoms with E-state index < -0.39 is 0 Å². The highest BCUT2D eigenvalue weighted by atomic mass is 15.2. The van der Waals surface area contributed by atoms with Gasteiger partial charge in [-0.2, -0.15) is 0 Å². The van der Waals surface area contributed by atoms with E-state index in [0.29, 0.717) is 12.0 Å². The minimum atomic E-state index is 0.440. The summed E-state index contributed by atoms with van der Waals surface area (Å²) in [5, 5.41) is 0. The monoisotopic (exact) mass is 199 g/mol. The number of hydrogen-bond acceptors (Lipinski definition) is 3. The first-order valence-corrected chi connectivity index (χ1v) is 5.76. The third-order valence-corrected chi connectivity index (χ3v) is 3.26. The van der Waals surface area contributed by atoms with Crippen molar-refractivity contribution < 1.29 is 0 Å². The molecule has 0 aromatic rings. The van der Waals surface area contributed by atoms with E-state index in [1.165, 1.54) is 32.5 Å². The van der Waals surface area contributed by atoms with E-state index in [4.69, 9.17) is 5.73 Å². The minimum Gasteiger partial charge on any atom is -0.327 e. The largest absolute Gasteiger partial charge is 0.327 e. The predicted octanol–water partition coefficient (Wildman–Crippen LogP) is 0.607. The zero-order valence-corrected chi connectivity index (χ0v) is 9.87. The summed E-state index contributed by atoms with van der Waals surface area (Å²) >= 11 is 0. The van der Waals surface area contributed by atoms with Gasteiger partial charge in [-0.1, -0.05) is 13.3 Å². The van der Waals surface area contributed by atoms with E-state index in [1.54, 1.807) is 0 Å². The first-order valence-electron chi connectivity index (χ1n) is 5.76. The van der Waals surface area contributed by atoms with Crippen molar-refractivity contribution in [2.24, 2.45) is 11.7 Å². The van der Waals surface area contributed by atoms with Crippen LogP contribution in [0.15, 0.2) is 0 Å². The number of likely N-dealkylation sites (N-methyl/N-ethyl adjacent to an activating group) is 1. The molecular formula is C11H25N3. The minimum absolute atomic E-state index is 0.440. The van der Waals surface area contributed by atoms with E-state index >= 15 is 0 Å². The molecule has 1 saturated heterocycles. The lowest BCUT2D eigenvalue weighted by Crippen LogP contribution is -2.48. The van der Waals surface area contributed by atoms with Gasteiger partial charge in [0.2, 0.25) is 0 Å². The summed E-state index contributed by atoms with van der Waals surface area (Å²) in [4.78, 5) is 4.80. The van der Waals surface area contributed by atoms with Crippen LogP contribution in [0.25, 0.3) is 0 Å². The topological polar surface area (TPSA) is 32.5 Å². The molecule has 0 amide bonds. The van der Waals surface area contributed by atoms with Crippen molar-refractivity contribution >= 4 is 0 Å². The van der Waals surface area contributed by atoms with E-state index in [-0.39, 0.29) is 0 Å². The summed E-state index contributed by atoms with van der Waals surface area (Å²) in [7, 11) is 4.26. The molecule has 0 spiro atoms. The van der Waals surface area contributed by atoms with Crippen molar-refractivity contribution in [2.45, 2.75) is 25.8 Å². The summed E-state index contributed by atoms with van der Waals surface area (Å²) < 4.78 is 0. The molecule has 1 aliphatic heterocycles. The van der Waals surface area contributed by atoms with Gasteiger partial charge in [-0.15, -0.1) is 0 Å². The van der Waals surface area contributed by atoms with Crippen molar-refractivity contribution in [3.63, 3.8) is 0 Å². The first-order chi connectivity index (χ1) is 6.63. The van der Waals surface area contributed by atoms with Gasteiger partial charge in [0.15, 0.2) is 0 Å². The lowest BCUT2D eigenvalue weighted by atomic mass is 9.91. The molecule has 0 aromatic carbocycles. The van der Waals surface area contributed by atoms with E-state index in [1.807, 2.05) is 0 Å². The van der Waals surface area contributed by atoms with Gasteiger partial charge in [-0.25, -0.2) is 0 Å². The van der Waals surface area contributed by atoms with Crippen LogP contribution in [0.1, 0.15) is 19.8 Å². The van der Waals surface area contributed by atoms with Gasteiger partial charge < -0.3 is 15.5 Å². The average Bonchev–Trinajstić information content (AvgIpc) is 2.16. The van der Waals surface area contributed by atoms with Gasteiger partial charge in [0.05, 0.1) is 0 Å². The van der Waals surface area contributed by atoms with Crippen LogP contribution >= 0.6 is 0 Å². The molecule has 1 fully saturated rings. The lowest BCUT2D eigenvalue weighted by Gasteiger charge is -2.36. The molecule has 2 atom stereocenters. The highest BCUT2D eigenvalue weighted by Gasteiger charge is 2.24. The SMILES string of the molecule is CCC1CN(CCN(C)C)CCC1N. The molecule has 0 radical (unpaired) electrons. The maximum atomic E-state index is 6.07. The Morgan fingerprint density at radius 1 is 1.43 bits per heavy atom. The quantitative estimate of drug-likeness (QED) is 0.720. The van der Waals surface area contributed by atoms with Crippen LogP contribution in [0.4, 0.5) is 0 Å². The van der Waals surface area contributed by atoms with Crippen molar-refractivity contribution in [2.75, 3.05) is 40.3 Å². The van der Waals surface area contributed by atoms with Crippen LogP contribution in [0, 0.1) is 5.92 Å². The van der Waals surface area contributed by atoms with Crippen molar-refractivity contribution in [1.29, 1.82) is 0 Å². The zero-order valence-electron chi connectivity index (χ0n) is 9.87. The summed E-state index contributed by atoms with van der Waals surface area (Å²) in [5.41, 5.74) is 6.07. The van der Waals surface area contributed by atoms with E-state index in [0.717, 1.165) is 6.54 Å². The van der Waals surface area contributed by atoms with Crippen LogP contribution in [0.2, 0.25) is 0 Å². The van der Waals surface area contributed by atoms with Gasteiger partial charge in [0.25, 0.3) is 0 Å². The van der Waals surface area contributed by atoms with Gasteiger partial charge in [-0.05, 0) is 33.0 Å². The third-order valence-electron chi connectivity index (χ3n) is 3.26. The van der Waals surface area contributed by atoms with E-state index in [2.05, 4.69) is 30.8 Å². The second-order valence-electron chi connectivity index (χ2n) is 4.72. The van der Waals surface area contributed by atoms with Gasteiger partial charge in [-0.3, -0.25) is 0 Å².